The molecule has 0 aliphatic carbocycles. The van der Waals surface area contributed by atoms with E-state index < -0.39 is 5.60 Å². The number of hydrogen-bond acceptors (Lipinski definition) is 9. The van der Waals surface area contributed by atoms with Crippen LogP contribution in [0.1, 0.15) is 12.0 Å². The van der Waals surface area contributed by atoms with Crippen LogP contribution in [0.4, 0.5) is 11.6 Å². The predicted molar refractivity (Wildman–Crippen MR) is 128 cm³/mol. The molecule has 1 aliphatic heterocycles. The molecule has 4 aromatic rings. The Hall–Kier alpha value is -3.83. The van der Waals surface area contributed by atoms with E-state index in [0.717, 1.165) is 10.6 Å². The van der Waals surface area contributed by atoms with Gasteiger partial charge in [0.15, 0.2) is 5.60 Å². The van der Waals surface area contributed by atoms with Gasteiger partial charge in [0.25, 0.3) is 11.8 Å². The Kier molecular flexibility index (Phi) is 5.50. The number of nitrogens with zero attached hydrogens (tertiary/aromatic N) is 6. The molecule has 0 saturated carbocycles. The van der Waals surface area contributed by atoms with Crippen molar-refractivity contribution in [1.29, 1.82) is 0 Å². The third-order valence-corrected chi connectivity index (χ3v) is 6.64. The molecule has 1 unspecified atom stereocenters. The van der Waals surface area contributed by atoms with Crippen LogP contribution in [0.5, 0.6) is 5.88 Å². The summed E-state index contributed by atoms with van der Waals surface area (Å²) in [6.45, 7) is 0.524. The normalized spacial score (nSPS) is 17.9. The van der Waals surface area contributed by atoms with Crippen LogP contribution in [0.3, 0.4) is 0 Å². The monoisotopic (exact) mass is 477 g/mol. The van der Waals surface area contributed by atoms with E-state index in [-0.39, 0.29) is 5.91 Å². The third-order valence-electron chi connectivity index (χ3n) is 5.75. The Morgan fingerprint density at radius 1 is 1.21 bits per heavy atom. The number of hydrogen-bond donors (Lipinski definition) is 2. The number of aromatic nitrogens is 5. The molecule has 10 nitrogen and oxygen atoms in total. The molecule has 1 fully saturated rings. The third kappa shape index (κ3) is 3.88. The minimum atomic E-state index is -1.49. The van der Waals surface area contributed by atoms with Crippen LogP contribution in [-0.2, 0) is 17.4 Å². The first-order valence-corrected chi connectivity index (χ1v) is 11.5. The van der Waals surface area contributed by atoms with Crippen LogP contribution < -0.4 is 10.1 Å². The number of nitrogens with one attached hydrogen (secondary N) is 1. The van der Waals surface area contributed by atoms with Gasteiger partial charge in [0.1, 0.15) is 16.4 Å². The van der Waals surface area contributed by atoms with Gasteiger partial charge in [0.05, 0.1) is 19.0 Å². The van der Waals surface area contributed by atoms with E-state index in [2.05, 4.69) is 20.4 Å². The van der Waals surface area contributed by atoms with Gasteiger partial charge in [-0.25, -0.2) is 15.0 Å². The van der Waals surface area contributed by atoms with Crippen LogP contribution in [-0.4, -0.2) is 61.3 Å². The van der Waals surface area contributed by atoms with Crippen molar-refractivity contribution in [3.05, 3.63) is 53.7 Å². The van der Waals surface area contributed by atoms with E-state index in [1.54, 1.807) is 55.3 Å². The standard InChI is InChI=1S/C23H23N7O3S/c1-29-10-8-23(32,21(29)31)15-6-4-5-14(11-15)20-25-18(13-34-20)16-7-9-24-22(26-16)27-17-12-30(2)28-19(17)33-3/h4-7,9,11-13,32H,8,10H2,1-3H3,(H,24,26,27). The zero-order chi connectivity index (χ0) is 23.9. The SMILES string of the molecule is COc1nn(C)cc1Nc1nccc(-c2csc(-c3cccc(C4(O)CCN(C)C4=O)c3)n2)n1. The van der Waals surface area contributed by atoms with Crippen LogP contribution >= 0.6 is 11.3 Å². The summed E-state index contributed by atoms with van der Waals surface area (Å²) < 4.78 is 6.91. The second-order valence-corrected chi connectivity index (χ2v) is 8.93. The second-order valence-electron chi connectivity index (χ2n) is 8.07. The molecule has 3 aromatic heterocycles. The Bertz CT molecular complexity index is 1370. The van der Waals surface area contributed by atoms with Crippen molar-refractivity contribution < 1.29 is 14.6 Å². The molecule has 34 heavy (non-hydrogen) atoms. The highest BCUT2D eigenvalue weighted by atomic mass is 32.1. The molecule has 1 atom stereocenters. The Labute approximate surface area is 199 Å². The van der Waals surface area contributed by atoms with Crippen LogP contribution in [0.15, 0.2) is 48.1 Å². The number of thiazole rings is 1. The molecule has 1 aliphatic rings. The average molecular weight is 478 g/mol. The molecule has 0 radical (unpaired) electrons. The van der Waals surface area contributed by atoms with E-state index in [9.17, 15) is 9.90 Å². The molecule has 5 rings (SSSR count). The lowest BCUT2D eigenvalue weighted by Gasteiger charge is -2.21. The summed E-state index contributed by atoms with van der Waals surface area (Å²) in [7, 11) is 5.05. The molecule has 1 amide bonds. The lowest BCUT2D eigenvalue weighted by Crippen LogP contribution is -2.36. The molecule has 1 aromatic carbocycles. The van der Waals surface area contributed by atoms with Gasteiger partial charge in [0, 0.05) is 44.2 Å². The summed E-state index contributed by atoms with van der Waals surface area (Å²) in [6, 6.07) is 9.16. The first kappa shape index (κ1) is 22.0. The summed E-state index contributed by atoms with van der Waals surface area (Å²) in [4.78, 5) is 27.7. The van der Waals surface area contributed by atoms with E-state index >= 15 is 0 Å². The Balaban J connectivity index is 1.41. The van der Waals surface area contributed by atoms with Gasteiger partial charge in [-0.1, -0.05) is 18.2 Å². The molecular weight excluding hydrogens is 454 g/mol. The Morgan fingerprint density at radius 2 is 2.06 bits per heavy atom. The summed E-state index contributed by atoms with van der Waals surface area (Å²) in [5.41, 5.74) is 1.93. The second kappa shape index (κ2) is 8.50. The first-order chi connectivity index (χ1) is 16.4. The predicted octanol–water partition coefficient (Wildman–Crippen LogP) is 2.80. The fourth-order valence-electron chi connectivity index (χ4n) is 3.94. The summed E-state index contributed by atoms with van der Waals surface area (Å²) in [5, 5.41) is 21.0. The van der Waals surface area contributed by atoms with Crippen LogP contribution in [0.25, 0.3) is 22.0 Å². The molecule has 2 N–H and O–H groups in total. The summed E-state index contributed by atoms with van der Waals surface area (Å²) >= 11 is 1.47. The zero-order valence-electron chi connectivity index (χ0n) is 18.9. The minimum Gasteiger partial charge on any atom is -0.478 e. The minimum absolute atomic E-state index is 0.282. The van der Waals surface area contributed by atoms with Gasteiger partial charge in [-0.05, 0) is 17.7 Å². The number of aryl methyl sites for hydroxylation is 1. The van der Waals surface area contributed by atoms with E-state index in [0.29, 0.717) is 47.4 Å². The molecule has 0 bridgehead atoms. The molecule has 174 valence electrons. The van der Waals surface area contributed by atoms with Crippen molar-refractivity contribution in [2.45, 2.75) is 12.0 Å². The molecule has 1 saturated heterocycles. The number of methoxy groups -OCH3 is 1. The van der Waals surface area contributed by atoms with E-state index in [1.807, 2.05) is 23.6 Å². The number of benzene rings is 1. The zero-order valence-corrected chi connectivity index (χ0v) is 19.7. The van der Waals surface area contributed by atoms with Gasteiger partial charge in [-0.2, -0.15) is 0 Å². The van der Waals surface area contributed by atoms with Crippen LogP contribution in [0, 0.1) is 0 Å². The van der Waals surface area contributed by atoms with Gasteiger partial charge >= 0.3 is 0 Å². The smallest absolute Gasteiger partial charge is 0.258 e. The van der Waals surface area contributed by atoms with Crippen molar-refractivity contribution in [2.24, 2.45) is 7.05 Å². The lowest BCUT2D eigenvalue weighted by atomic mass is 9.91. The van der Waals surface area contributed by atoms with Crippen molar-refractivity contribution in [1.82, 2.24) is 29.6 Å². The molecular formula is C23H23N7O3S. The van der Waals surface area contributed by atoms with Crippen molar-refractivity contribution in [3.63, 3.8) is 0 Å². The number of carbonyl (C=O) groups is 1. The number of likely N-dealkylation sites (N-methyl/N-ethyl adjacent to an activating group) is 1. The van der Waals surface area contributed by atoms with Crippen molar-refractivity contribution >= 4 is 28.9 Å². The number of ether oxygens (including phenoxy) is 1. The molecule has 0 spiro atoms. The lowest BCUT2D eigenvalue weighted by molar-refractivity contribution is -0.143. The van der Waals surface area contributed by atoms with E-state index in [4.69, 9.17) is 9.72 Å². The Morgan fingerprint density at radius 3 is 2.82 bits per heavy atom. The highest BCUT2D eigenvalue weighted by molar-refractivity contribution is 7.13. The maximum atomic E-state index is 12.5. The van der Waals surface area contributed by atoms with E-state index in [1.165, 1.54) is 11.3 Å². The maximum Gasteiger partial charge on any atom is 0.258 e. The van der Waals surface area contributed by atoms with Crippen molar-refractivity contribution in [3.8, 4) is 27.8 Å². The highest BCUT2D eigenvalue weighted by Crippen LogP contribution is 2.36. The summed E-state index contributed by atoms with van der Waals surface area (Å²) in [5.74, 6) is 0.558. The number of aliphatic hydroxyl groups is 1. The summed E-state index contributed by atoms with van der Waals surface area (Å²) in [6.07, 6.45) is 3.81. The number of rotatable bonds is 6. The average Bonchev–Trinajstić information content (AvgIpc) is 3.55. The van der Waals surface area contributed by atoms with Gasteiger partial charge < -0.3 is 20.1 Å². The molecule has 11 heteroatoms. The fourth-order valence-corrected chi connectivity index (χ4v) is 4.75. The fraction of sp³-hybridized carbons (Fsp3) is 0.261. The van der Waals surface area contributed by atoms with Gasteiger partial charge in [-0.15, -0.1) is 16.4 Å². The number of amides is 1. The topological polar surface area (TPSA) is 118 Å². The number of anilines is 2. The number of likely N-dealkylation sites (tertiary alicyclic amines) is 1. The largest absolute Gasteiger partial charge is 0.478 e. The van der Waals surface area contributed by atoms with Gasteiger partial charge in [0.2, 0.25) is 5.95 Å². The quantitative estimate of drug-likeness (QED) is 0.435. The van der Waals surface area contributed by atoms with Gasteiger partial charge in [-0.3, -0.25) is 9.48 Å². The van der Waals surface area contributed by atoms with Crippen LogP contribution in [0.2, 0.25) is 0 Å². The number of carbonyl (C=O) groups excluding carboxylic acids is 1. The first-order valence-electron chi connectivity index (χ1n) is 10.6. The maximum absolute atomic E-state index is 12.5. The highest BCUT2D eigenvalue weighted by Gasteiger charge is 2.45. The van der Waals surface area contributed by atoms with Crippen molar-refractivity contribution in [2.75, 3.05) is 26.0 Å². The molecule has 4 heterocycles.